The number of halogens is 1. The van der Waals surface area contributed by atoms with E-state index in [1.807, 2.05) is 20.8 Å². The average Bonchev–Trinajstić information content (AvgIpc) is 2.99. The molecule has 2 N–H and O–H groups in total. The monoisotopic (exact) mass is 507 g/mol. The Morgan fingerprint density at radius 3 is 2.57 bits per heavy atom. The lowest BCUT2D eigenvalue weighted by molar-refractivity contribution is 0.0963. The summed E-state index contributed by atoms with van der Waals surface area (Å²) in [5.74, 6) is 1.91. The Kier molecular flexibility index (Phi) is 10.6. The molecule has 9 heteroatoms. The van der Waals surface area contributed by atoms with Gasteiger partial charge in [-0.1, -0.05) is 12.1 Å². The first kappa shape index (κ1) is 24.5. The van der Waals surface area contributed by atoms with Crippen molar-refractivity contribution < 1.29 is 14.1 Å². The third-order valence-electron chi connectivity index (χ3n) is 4.81. The first-order valence-corrected chi connectivity index (χ1v) is 9.85. The fraction of sp³-hybridized carbons (Fsp3) is 0.737. The maximum absolute atomic E-state index is 11.8. The fourth-order valence-corrected chi connectivity index (χ4v) is 3.45. The average molecular weight is 507 g/mol. The summed E-state index contributed by atoms with van der Waals surface area (Å²) in [6.07, 6.45) is 1.54. The molecule has 1 aliphatic heterocycles. The molecule has 2 heterocycles. The second-order valence-electron chi connectivity index (χ2n) is 6.96. The van der Waals surface area contributed by atoms with E-state index in [0.29, 0.717) is 32.3 Å². The van der Waals surface area contributed by atoms with Crippen LogP contribution in [0, 0.1) is 13.8 Å². The van der Waals surface area contributed by atoms with E-state index < -0.39 is 0 Å². The zero-order chi connectivity index (χ0) is 19.8. The number of nitrogens with zero attached hydrogens (tertiary/aromatic N) is 3. The molecular formula is C19H34IN5O3. The number of amides is 1. The Bertz CT molecular complexity index is 622. The van der Waals surface area contributed by atoms with Gasteiger partial charge >= 0.3 is 6.09 Å². The Hall–Kier alpha value is -1.52. The van der Waals surface area contributed by atoms with Crippen molar-refractivity contribution in [2.24, 2.45) is 4.99 Å². The SMILES string of the molecule is CCNC(=NCC(C)c1c(C)noc1C)NC1CCN(C(=O)OCC)CC1.I. The third-order valence-corrected chi connectivity index (χ3v) is 4.81. The first-order valence-electron chi connectivity index (χ1n) is 9.85. The minimum atomic E-state index is -0.218. The number of guanidine groups is 1. The number of aryl methyl sites for hydroxylation is 2. The minimum Gasteiger partial charge on any atom is -0.450 e. The van der Waals surface area contributed by atoms with E-state index in [0.717, 1.165) is 42.4 Å². The standard InChI is InChI=1S/C19H33N5O3.HI/c1-6-20-18(21-12-13(3)17-14(4)23-27-15(17)5)22-16-8-10-24(11-9-16)19(25)26-7-2;/h13,16H,6-12H2,1-5H3,(H2,20,21,22);1H. The van der Waals surface area contributed by atoms with Crippen LogP contribution in [-0.2, 0) is 4.74 Å². The summed E-state index contributed by atoms with van der Waals surface area (Å²) in [7, 11) is 0. The van der Waals surface area contributed by atoms with Gasteiger partial charge in [0.05, 0.1) is 12.3 Å². The van der Waals surface area contributed by atoms with Crippen LogP contribution in [0.5, 0.6) is 0 Å². The molecule has 1 unspecified atom stereocenters. The van der Waals surface area contributed by atoms with Gasteiger partial charge in [0.15, 0.2) is 5.96 Å². The number of hydrogen-bond acceptors (Lipinski definition) is 5. The second-order valence-corrected chi connectivity index (χ2v) is 6.96. The number of carbonyl (C=O) groups is 1. The predicted molar refractivity (Wildman–Crippen MR) is 121 cm³/mol. The van der Waals surface area contributed by atoms with Crippen LogP contribution >= 0.6 is 24.0 Å². The molecule has 1 aliphatic rings. The molecule has 1 amide bonds. The zero-order valence-electron chi connectivity index (χ0n) is 17.6. The van der Waals surface area contributed by atoms with Crippen LogP contribution in [-0.4, -0.2) is 60.9 Å². The molecule has 0 radical (unpaired) electrons. The van der Waals surface area contributed by atoms with Gasteiger partial charge in [0.25, 0.3) is 0 Å². The molecule has 28 heavy (non-hydrogen) atoms. The van der Waals surface area contributed by atoms with Gasteiger partial charge in [0, 0.05) is 43.7 Å². The van der Waals surface area contributed by atoms with E-state index in [1.54, 1.807) is 4.90 Å². The molecular weight excluding hydrogens is 473 g/mol. The largest absolute Gasteiger partial charge is 0.450 e. The minimum absolute atomic E-state index is 0. The van der Waals surface area contributed by atoms with E-state index in [2.05, 4.69) is 29.6 Å². The van der Waals surface area contributed by atoms with E-state index in [-0.39, 0.29) is 36.0 Å². The number of hydrogen-bond donors (Lipinski definition) is 2. The summed E-state index contributed by atoms with van der Waals surface area (Å²) in [5, 5.41) is 10.8. The summed E-state index contributed by atoms with van der Waals surface area (Å²) in [4.78, 5) is 18.3. The molecule has 8 nitrogen and oxygen atoms in total. The van der Waals surface area contributed by atoms with Crippen molar-refractivity contribution in [1.29, 1.82) is 0 Å². The highest BCUT2D eigenvalue weighted by Crippen LogP contribution is 2.23. The van der Waals surface area contributed by atoms with Gasteiger partial charge in [0.2, 0.25) is 0 Å². The van der Waals surface area contributed by atoms with Crippen molar-refractivity contribution in [3.63, 3.8) is 0 Å². The van der Waals surface area contributed by atoms with Crippen molar-refractivity contribution in [3.05, 3.63) is 17.0 Å². The number of nitrogens with one attached hydrogen (secondary N) is 2. The summed E-state index contributed by atoms with van der Waals surface area (Å²) >= 11 is 0. The van der Waals surface area contributed by atoms with Crippen LogP contribution < -0.4 is 10.6 Å². The van der Waals surface area contributed by atoms with Crippen LogP contribution in [0.2, 0.25) is 0 Å². The summed E-state index contributed by atoms with van der Waals surface area (Å²) in [6, 6.07) is 0.294. The maximum Gasteiger partial charge on any atom is 0.409 e. The van der Waals surface area contributed by atoms with Gasteiger partial charge in [-0.2, -0.15) is 0 Å². The molecule has 0 spiro atoms. The van der Waals surface area contributed by atoms with Gasteiger partial charge in [-0.3, -0.25) is 4.99 Å². The van der Waals surface area contributed by atoms with Crippen molar-refractivity contribution in [3.8, 4) is 0 Å². The van der Waals surface area contributed by atoms with Crippen molar-refractivity contribution in [2.45, 2.75) is 59.4 Å². The highest BCUT2D eigenvalue weighted by molar-refractivity contribution is 14.0. The van der Waals surface area contributed by atoms with Crippen LogP contribution in [0.4, 0.5) is 4.79 Å². The summed E-state index contributed by atoms with van der Waals surface area (Å²) < 4.78 is 10.3. The van der Waals surface area contributed by atoms with E-state index >= 15 is 0 Å². The molecule has 0 bridgehead atoms. The molecule has 160 valence electrons. The normalized spacial score (nSPS) is 16.3. The number of piperidine rings is 1. The molecule has 0 aliphatic carbocycles. The number of ether oxygens (including phenoxy) is 1. The van der Waals surface area contributed by atoms with Crippen LogP contribution in [0.15, 0.2) is 9.52 Å². The lowest BCUT2D eigenvalue weighted by Crippen LogP contribution is -2.50. The second kappa shape index (κ2) is 12.1. The number of aliphatic imine (C=N–C) groups is 1. The fourth-order valence-electron chi connectivity index (χ4n) is 3.45. The Balaban J connectivity index is 0.00000392. The van der Waals surface area contributed by atoms with Crippen LogP contribution in [0.1, 0.15) is 56.5 Å². The lowest BCUT2D eigenvalue weighted by atomic mass is 10.00. The molecule has 2 rings (SSSR count). The van der Waals surface area contributed by atoms with Gasteiger partial charge < -0.3 is 24.8 Å². The molecule has 1 atom stereocenters. The number of rotatable bonds is 6. The van der Waals surface area contributed by atoms with Gasteiger partial charge in [-0.05, 0) is 40.5 Å². The first-order chi connectivity index (χ1) is 13.0. The number of aromatic nitrogens is 1. The molecule has 0 saturated carbocycles. The molecule has 1 aromatic rings. The van der Waals surface area contributed by atoms with Crippen LogP contribution in [0.3, 0.4) is 0 Å². The van der Waals surface area contributed by atoms with Crippen LogP contribution in [0.25, 0.3) is 0 Å². The number of likely N-dealkylation sites (tertiary alicyclic amines) is 1. The molecule has 0 aromatic carbocycles. The lowest BCUT2D eigenvalue weighted by Gasteiger charge is -2.32. The Morgan fingerprint density at radius 2 is 2.04 bits per heavy atom. The molecule has 1 fully saturated rings. The van der Waals surface area contributed by atoms with Crippen molar-refractivity contribution in [2.75, 3.05) is 32.8 Å². The van der Waals surface area contributed by atoms with Gasteiger partial charge in [-0.25, -0.2) is 4.79 Å². The van der Waals surface area contributed by atoms with Gasteiger partial charge in [-0.15, -0.1) is 24.0 Å². The highest BCUT2D eigenvalue weighted by Gasteiger charge is 2.24. The van der Waals surface area contributed by atoms with E-state index in [9.17, 15) is 4.79 Å². The topological polar surface area (TPSA) is 92.0 Å². The van der Waals surface area contributed by atoms with E-state index in [4.69, 9.17) is 14.3 Å². The molecule has 1 aromatic heterocycles. The maximum atomic E-state index is 11.8. The quantitative estimate of drug-likeness (QED) is 0.349. The molecule has 1 saturated heterocycles. The number of carbonyl (C=O) groups excluding carboxylic acids is 1. The predicted octanol–water partition coefficient (Wildman–Crippen LogP) is 3.19. The van der Waals surface area contributed by atoms with Crippen molar-refractivity contribution in [1.82, 2.24) is 20.7 Å². The Morgan fingerprint density at radius 1 is 1.36 bits per heavy atom. The summed E-state index contributed by atoms with van der Waals surface area (Å²) in [5.41, 5.74) is 2.07. The smallest absolute Gasteiger partial charge is 0.409 e. The summed E-state index contributed by atoms with van der Waals surface area (Å²) in [6.45, 7) is 13.2. The zero-order valence-corrected chi connectivity index (χ0v) is 19.9. The van der Waals surface area contributed by atoms with Crippen molar-refractivity contribution >= 4 is 36.0 Å². The van der Waals surface area contributed by atoms with E-state index in [1.165, 1.54) is 0 Å². The Labute approximate surface area is 184 Å². The third kappa shape index (κ3) is 6.82. The van der Waals surface area contributed by atoms with Gasteiger partial charge in [0.1, 0.15) is 5.76 Å². The highest BCUT2D eigenvalue weighted by atomic mass is 127.